The van der Waals surface area contributed by atoms with Crippen molar-refractivity contribution < 1.29 is 4.74 Å². The standard InChI is InChI=1S/C25H29NOS/c1-2-3-4-5-6-9-16-27-21-14-12-19(13-15-21)17-24-26-25-22-11-8-7-10-20(22)18-23(25)28-24/h7-8,10-15H,2-6,9,16-18H2,1H3. The highest BCUT2D eigenvalue weighted by Crippen LogP contribution is 2.39. The number of thiazole rings is 1. The monoisotopic (exact) mass is 391 g/mol. The van der Waals surface area contributed by atoms with Crippen LogP contribution in [-0.2, 0) is 12.8 Å². The molecule has 1 heterocycles. The van der Waals surface area contributed by atoms with E-state index in [4.69, 9.17) is 9.72 Å². The van der Waals surface area contributed by atoms with Crippen LogP contribution < -0.4 is 4.74 Å². The Kier molecular flexibility index (Phi) is 6.43. The molecule has 0 atom stereocenters. The minimum absolute atomic E-state index is 0.823. The molecule has 0 spiro atoms. The first-order valence-corrected chi connectivity index (χ1v) is 11.4. The van der Waals surface area contributed by atoms with E-state index < -0.39 is 0 Å². The number of rotatable bonds is 10. The summed E-state index contributed by atoms with van der Waals surface area (Å²) in [4.78, 5) is 6.34. The molecule has 0 radical (unpaired) electrons. The zero-order chi connectivity index (χ0) is 19.2. The average molecular weight is 392 g/mol. The van der Waals surface area contributed by atoms with E-state index in [1.807, 2.05) is 11.3 Å². The van der Waals surface area contributed by atoms with Gasteiger partial charge in [0, 0.05) is 23.3 Å². The van der Waals surface area contributed by atoms with Crippen LogP contribution in [0.4, 0.5) is 0 Å². The van der Waals surface area contributed by atoms with Crippen molar-refractivity contribution in [2.24, 2.45) is 0 Å². The normalized spacial score (nSPS) is 12.0. The third kappa shape index (κ3) is 4.64. The van der Waals surface area contributed by atoms with Crippen LogP contribution in [0.25, 0.3) is 11.3 Å². The zero-order valence-electron chi connectivity index (χ0n) is 16.7. The third-order valence-corrected chi connectivity index (χ3v) is 6.47. The molecular formula is C25H29NOS. The molecule has 1 aliphatic rings. The lowest BCUT2D eigenvalue weighted by atomic mass is 10.1. The van der Waals surface area contributed by atoms with Crippen molar-refractivity contribution in [3.8, 4) is 17.0 Å². The van der Waals surface area contributed by atoms with Gasteiger partial charge in [0.15, 0.2) is 0 Å². The van der Waals surface area contributed by atoms with Crippen molar-refractivity contribution >= 4 is 11.3 Å². The van der Waals surface area contributed by atoms with Crippen molar-refractivity contribution in [3.63, 3.8) is 0 Å². The molecule has 0 unspecified atom stereocenters. The lowest BCUT2D eigenvalue weighted by molar-refractivity contribution is 0.304. The quantitative estimate of drug-likeness (QED) is 0.270. The lowest BCUT2D eigenvalue weighted by Crippen LogP contribution is -1.97. The Morgan fingerprint density at radius 1 is 0.929 bits per heavy atom. The smallest absolute Gasteiger partial charge is 0.119 e. The fraction of sp³-hybridized carbons (Fsp3) is 0.400. The second-order valence-corrected chi connectivity index (χ2v) is 8.82. The summed E-state index contributed by atoms with van der Waals surface area (Å²) in [5.41, 5.74) is 5.23. The second-order valence-electron chi connectivity index (χ2n) is 7.65. The van der Waals surface area contributed by atoms with E-state index in [9.17, 15) is 0 Å². The predicted octanol–water partition coefficient (Wildman–Crippen LogP) is 7.04. The van der Waals surface area contributed by atoms with Gasteiger partial charge in [-0.2, -0.15) is 0 Å². The molecule has 146 valence electrons. The largest absolute Gasteiger partial charge is 0.494 e. The summed E-state index contributed by atoms with van der Waals surface area (Å²) < 4.78 is 5.89. The van der Waals surface area contributed by atoms with Gasteiger partial charge < -0.3 is 4.74 Å². The van der Waals surface area contributed by atoms with Crippen molar-refractivity contribution in [1.29, 1.82) is 0 Å². The first-order chi connectivity index (χ1) is 13.8. The maximum absolute atomic E-state index is 5.89. The Bertz CT molecular complexity index is 897. The molecule has 3 aromatic rings. The average Bonchev–Trinajstić information content (AvgIpc) is 3.26. The summed E-state index contributed by atoms with van der Waals surface area (Å²) in [5.74, 6) is 0.980. The molecule has 2 nitrogen and oxygen atoms in total. The zero-order valence-corrected chi connectivity index (χ0v) is 17.6. The van der Waals surface area contributed by atoms with Crippen molar-refractivity contribution in [3.05, 3.63) is 69.5 Å². The Morgan fingerprint density at radius 2 is 1.71 bits per heavy atom. The number of unbranched alkanes of at least 4 members (excludes halogenated alkanes) is 5. The van der Waals surface area contributed by atoms with Crippen LogP contribution in [0.5, 0.6) is 5.75 Å². The summed E-state index contributed by atoms with van der Waals surface area (Å²) in [6.45, 7) is 3.08. The number of benzene rings is 2. The van der Waals surface area contributed by atoms with Crippen LogP contribution in [0.2, 0.25) is 0 Å². The van der Waals surface area contributed by atoms with Gasteiger partial charge in [-0.1, -0.05) is 75.4 Å². The van der Waals surface area contributed by atoms with E-state index >= 15 is 0 Å². The van der Waals surface area contributed by atoms with Crippen LogP contribution in [-0.4, -0.2) is 11.6 Å². The number of ether oxygens (including phenoxy) is 1. The number of nitrogens with zero attached hydrogens (tertiary/aromatic N) is 1. The summed E-state index contributed by atoms with van der Waals surface area (Å²) in [5, 5.41) is 1.21. The maximum atomic E-state index is 5.89. The summed E-state index contributed by atoms with van der Waals surface area (Å²) in [7, 11) is 0. The summed E-state index contributed by atoms with van der Waals surface area (Å²) in [6, 6.07) is 17.2. The predicted molar refractivity (Wildman–Crippen MR) is 118 cm³/mol. The fourth-order valence-electron chi connectivity index (χ4n) is 3.84. The van der Waals surface area contributed by atoms with E-state index in [0.717, 1.165) is 31.6 Å². The third-order valence-electron chi connectivity index (χ3n) is 5.41. The number of hydrogen-bond acceptors (Lipinski definition) is 3. The van der Waals surface area contributed by atoms with E-state index in [1.165, 1.54) is 64.4 Å². The first kappa shape index (κ1) is 19.2. The fourth-order valence-corrected chi connectivity index (χ4v) is 4.98. The van der Waals surface area contributed by atoms with E-state index in [1.54, 1.807) is 0 Å². The van der Waals surface area contributed by atoms with Crippen molar-refractivity contribution in [2.45, 2.75) is 58.3 Å². The van der Waals surface area contributed by atoms with Crippen molar-refractivity contribution in [1.82, 2.24) is 4.98 Å². The van der Waals surface area contributed by atoms with Crippen LogP contribution in [0.15, 0.2) is 48.5 Å². The van der Waals surface area contributed by atoms with Crippen molar-refractivity contribution in [2.75, 3.05) is 6.61 Å². The molecule has 0 fully saturated rings. The molecule has 4 rings (SSSR count). The van der Waals surface area contributed by atoms with Gasteiger partial charge >= 0.3 is 0 Å². The lowest BCUT2D eigenvalue weighted by Gasteiger charge is -2.07. The van der Waals surface area contributed by atoms with Crippen LogP contribution >= 0.6 is 11.3 Å². The first-order valence-electron chi connectivity index (χ1n) is 10.6. The molecular weight excluding hydrogens is 362 g/mol. The van der Waals surface area contributed by atoms with Gasteiger partial charge in [-0.25, -0.2) is 4.98 Å². The van der Waals surface area contributed by atoms with Gasteiger partial charge in [-0.05, 0) is 29.7 Å². The van der Waals surface area contributed by atoms with Gasteiger partial charge in [-0.15, -0.1) is 11.3 Å². The van der Waals surface area contributed by atoms with E-state index in [0.29, 0.717) is 0 Å². The molecule has 0 amide bonds. The summed E-state index contributed by atoms with van der Waals surface area (Å²) >= 11 is 1.86. The topological polar surface area (TPSA) is 22.1 Å². The van der Waals surface area contributed by atoms with Gasteiger partial charge in [0.05, 0.1) is 17.3 Å². The van der Waals surface area contributed by atoms with Gasteiger partial charge in [0.1, 0.15) is 5.75 Å². The van der Waals surface area contributed by atoms with Gasteiger partial charge in [0.2, 0.25) is 0 Å². The van der Waals surface area contributed by atoms with Crippen LogP contribution in [0, 0.1) is 0 Å². The highest BCUT2D eigenvalue weighted by atomic mass is 32.1. The number of hydrogen-bond donors (Lipinski definition) is 0. The maximum Gasteiger partial charge on any atom is 0.119 e. The molecule has 0 bridgehead atoms. The van der Waals surface area contributed by atoms with Crippen LogP contribution in [0.1, 0.15) is 66.5 Å². The summed E-state index contributed by atoms with van der Waals surface area (Å²) in [6.07, 6.45) is 9.71. The molecule has 2 aromatic carbocycles. The van der Waals surface area contributed by atoms with Gasteiger partial charge in [0.25, 0.3) is 0 Å². The molecule has 0 saturated heterocycles. The molecule has 0 N–H and O–H groups in total. The Hall–Kier alpha value is -2.13. The highest BCUT2D eigenvalue weighted by molar-refractivity contribution is 7.12. The molecule has 0 saturated carbocycles. The highest BCUT2D eigenvalue weighted by Gasteiger charge is 2.22. The Morgan fingerprint density at radius 3 is 2.57 bits per heavy atom. The number of fused-ring (bicyclic) bond motifs is 3. The van der Waals surface area contributed by atoms with E-state index in [-0.39, 0.29) is 0 Å². The van der Waals surface area contributed by atoms with Gasteiger partial charge in [-0.3, -0.25) is 0 Å². The Balaban J connectivity index is 1.27. The molecule has 3 heteroatoms. The van der Waals surface area contributed by atoms with E-state index in [2.05, 4.69) is 55.5 Å². The molecule has 28 heavy (non-hydrogen) atoms. The minimum atomic E-state index is 0.823. The SMILES string of the molecule is CCCCCCCCOc1ccc(Cc2nc3c(s2)Cc2ccccc2-3)cc1. The number of aromatic nitrogens is 1. The molecule has 1 aliphatic carbocycles. The second kappa shape index (κ2) is 9.38. The molecule has 1 aromatic heterocycles. The minimum Gasteiger partial charge on any atom is -0.494 e. The Labute approximate surface area is 172 Å². The molecule has 0 aliphatic heterocycles. The van der Waals surface area contributed by atoms with Crippen LogP contribution in [0.3, 0.4) is 0 Å².